The second kappa shape index (κ2) is 5.94. The van der Waals surface area contributed by atoms with Crippen molar-refractivity contribution in [1.82, 2.24) is 9.24 Å². The van der Waals surface area contributed by atoms with E-state index in [1.165, 1.54) is 24.4 Å². The number of benzene rings is 2. The lowest BCUT2D eigenvalue weighted by Crippen LogP contribution is -1.95. The van der Waals surface area contributed by atoms with Gasteiger partial charge in [-0.3, -0.25) is 10.1 Å². The number of hydrogen-bond acceptors (Lipinski definition) is 4. The van der Waals surface area contributed by atoms with Gasteiger partial charge in [-0.2, -0.15) is 5.10 Å². The second-order valence-electron chi connectivity index (χ2n) is 4.85. The number of aromatic nitrogens is 2. The quantitative estimate of drug-likeness (QED) is 0.309. The first-order valence-corrected chi connectivity index (χ1v) is 7.42. The Bertz CT molecular complexity index is 1010. The fourth-order valence-electron chi connectivity index (χ4n) is 2.25. The van der Waals surface area contributed by atoms with Crippen LogP contribution in [0.15, 0.2) is 47.6 Å². The molecule has 2 aromatic carbocycles. The van der Waals surface area contributed by atoms with E-state index in [1.807, 2.05) is 35.9 Å². The lowest BCUT2D eigenvalue weighted by atomic mass is 10.2. The molecular formula is C15H11ClN4O2S. The Balaban J connectivity index is 2.11. The zero-order valence-corrected chi connectivity index (χ0v) is 13.6. The molecule has 0 bridgehead atoms. The van der Waals surface area contributed by atoms with Crippen molar-refractivity contribution in [3.05, 3.63) is 67.9 Å². The number of hydrogen-bond donors (Lipinski definition) is 0. The Hall–Kier alpha value is -2.51. The van der Waals surface area contributed by atoms with Crippen molar-refractivity contribution in [1.29, 1.82) is 0 Å². The Labute approximate surface area is 141 Å². The van der Waals surface area contributed by atoms with Gasteiger partial charge < -0.3 is 4.57 Å². The molecule has 0 atom stereocenters. The number of nitro benzene ring substituents is 1. The summed E-state index contributed by atoms with van der Waals surface area (Å²) in [7, 11) is 1.86. The van der Waals surface area contributed by atoms with Gasteiger partial charge >= 0.3 is 0 Å². The number of halogens is 1. The number of aryl methyl sites for hydroxylation is 1. The van der Waals surface area contributed by atoms with Gasteiger partial charge in [-0.15, -0.1) is 0 Å². The number of para-hydroxylation sites is 2. The van der Waals surface area contributed by atoms with E-state index >= 15 is 0 Å². The molecule has 23 heavy (non-hydrogen) atoms. The van der Waals surface area contributed by atoms with E-state index in [0.717, 1.165) is 11.0 Å². The van der Waals surface area contributed by atoms with Gasteiger partial charge in [0.15, 0.2) is 0 Å². The Kier molecular flexibility index (Phi) is 3.97. The molecule has 0 saturated heterocycles. The molecule has 0 aliphatic rings. The van der Waals surface area contributed by atoms with E-state index in [4.69, 9.17) is 23.8 Å². The van der Waals surface area contributed by atoms with Crippen LogP contribution in [0.4, 0.5) is 5.69 Å². The Morgan fingerprint density at radius 1 is 1.26 bits per heavy atom. The summed E-state index contributed by atoms with van der Waals surface area (Å²) in [4.78, 5) is 10.4. The largest absolute Gasteiger partial charge is 0.318 e. The van der Waals surface area contributed by atoms with Gasteiger partial charge in [0.2, 0.25) is 4.77 Å². The second-order valence-corrected chi connectivity index (χ2v) is 5.62. The van der Waals surface area contributed by atoms with Gasteiger partial charge in [-0.1, -0.05) is 23.7 Å². The summed E-state index contributed by atoms with van der Waals surface area (Å²) in [5, 5.41) is 15.6. The highest BCUT2D eigenvalue weighted by Crippen LogP contribution is 2.21. The van der Waals surface area contributed by atoms with Crippen molar-refractivity contribution >= 4 is 46.8 Å². The van der Waals surface area contributed by atoms with E-state index < -0.39 is 4.92 Å². The molecule has 0 fully saturated rings. The number of fused-ring (bicyclic) bond motifs is 1. The molecule has 0 spiro atoms. The zero-order valence-electron chi connectivity index (χ0n) is 12.0. The average Bonchev–Trinajstić information content (AvgIpc) is 2.78. The van der Waals surface area contributed by atoms with Gasteiger partial charge in [0, 0.05) is 29.8 Å². The molecule has 0 saturated carbocycles. The summed E-state index contributed by atoms with van der Waals surface area (Å²) in [6.07, 6.45) is 1.47. The van der Waals surface area contributed by atoms with Crippen LogP contribution in [0.3, 0.4) is 0 Å². The summed E-state index contributed by atoms with van der Waals surface area (Å²) in [5.41, 5.74) is 2.20. The molecule has 0 amide bonds. The third-order valence-corrected chi connectivity index (χ3v) is 4.23. The van der Waals surface area contributed by atoms with Crippen molar-refractivity contribution in [2.45, 2.75) is 0 Å². The van der Waals surface area contributed by atoms with Crippen LogP contribution in [0.1, 0.15) is 5.56 Å². The van der Waals surface area contributed by atoms with Crippen LogP contribution in [0.5, 0.6) is 0 Å². The minimum Gasteiger partial charge on any atom is -0.318 e. The van der Waals surface area contributed by atoms with E-state index in [9.17, 15) is 10.1 Å². The lowest BCUT2D eigenvalue weighted by molar-refractivity contribution is -0.384. The highest BCUT2D eigenvalue weighted by molar-refractivity contribution is 7.71. The highest BCUT2D eigenvalue weighted by atomic mass is 35.5. The molecule has 6 nitrogen and oxygen atoms in total. The van der Waals surface area contributed by atoms with Crippen LogP contribution in [0.2, 0.25) is 5.02 Å². The van der Waals surface area contributed by atoms with E-state index in [1.54, 1.807) is 4.68 Å². The Morgan fingerprint density at radius 3 is 2.65 bits per heavy atom. The van der Waals surface area contributed by atoms with Crippen molar-refractivity contribution in [3.8, 4) is 0 Å². The zero-order chi connectivity index (χ0) is 16.6. The smallest absolute Gasteiger partial charge is 0.270 e. The summed E-state index contributed by atoms with van der Waals surface area (Å²) < 4.78 is 3.96. The normalized spacial score (nSPS) is 11.4. The van der Waals surface area contributed by atoms with Crippen molar-refractivity contribution in [2.75, 3.05) is 0 Å². The van der Waals surface area contributed by atoms with Crippen LogP contribution >= 0.6 is 23.8 Å². The average molecular weight is 347 g/mol. The number of rotatable bonds is 3. The monoisotopic (exact) mass is 346 g/mol. The van der Waals surface area contributed by atoms with Crippen molar-refractivity contribution in [3.63, 3.8) is 0 Å². The van der Waals surface area contributed by atoms with Gasteiger partial charge in [0.1, 0.15) is 0 Å². The summed E-state index contributed by atoms with van der Waals surface area (Å²) in [6.45, 7) is 0. The predicted octanol–water partition coefficient (Wildman–Crippen LogP) is 4.15. The molecule has 0 unspecified atom stereocenters. The van der Waals surface area contributed by atoms with E-state index in [0.29, 0.717) is 15.4 Å². The molecule has 3 rings (SSSR count). The molecule has 116 valence electrons. The minimum absolute atomic E-state index is 0.0441. The fourth-order valence-corrected chi connectivity index (χ4v) is 2.66. The van der Waals surface area contributed by atoms with Gasteiger partial charge in [-0.05, 0) is 30.4 Å². The SMILES string of the molecule is Cn1c(=S)n(/N=C\c2cc([N+](=O)[O-])ccc2Cl)c2ccccc21. The molecule has 1 aromatic heterocycles. The molecule has 0 aliphatic carbocycles. The van der Waals surface area contributed by atoms with Crippen molar-refractivity contribution < 1.29 is 4.92 Å². The number of nitro groups is 1. The van der Waals surface area contributed by atoms with Crippen molar-refractivity contribution in [2.24, 2.45) is 12.1 Å². The maximum absolute atomic E-state index is 10.9. The number of imidazole rings is 1. The molecule has 3 aromatic rings. The Morgan fingerprint density at radius 2 is 1.96 bits per heavy atom. The molecule has 0 aliphatic heterocycles. The van der Waals surface area contributed by atoms with Crippen LogP contribution in [-0.2, 0) is 7.05 Å². The number of nitrogens with zero attached hydrogens (tertiary/aromatic N) is 4. The predicted molar refractivity (Wildman–Crippen MR) is 92.8 cm³/mol. The lowest BCUT2D eigenvalue weighted by Gasteiger charge is -1.99. The summed E-state index contributed by atoms with van der Waals surface area (Å²) in [5.74, 6) is 0. The summed E-state index contributed by atoms with van der Waals surface area (Å²) >= 11 is 11.5. The third-order valence-electron chi connectivity index (χ3n) is 3.44. The molecule has 8 heteroatoms. The van der Waals surface area contributed by atoms with Crippen LogP contribution in [-0.4, -0.2) is 20.4 Å². The van der Waals surface area contributed by atoms with Gasteiger partial charge in [0.05, 0.1) is 22.2 Å². The highest BCUT2D eigenvalue weighted by Gasteiger charge is 2.09. The summed E-state index contributed by atoms with van der Waals surface area (Å²) in [6, 6.07) is 11.9. The third kappa shape index (κ3) is 2.76. The molecule has 0 N–H and O–H groups in total. The van der Waals surface area contributed by atoms with Gasteiger partial charge in [0.25, 0.3) is 5.69 Å². The number of non-ortho nitro benzene ring substituents is 1. The van der Waals surface area contributed by atoms with Crippen LogP contribution in [0.25, 0.3) is 11.0 Å². The first kappa shape index (κ1) is 15.4. The molecular weight excluding hydrogens is 336 g/mol. The van der Waals surface area contributed by atoms with E-state index in [2.05, 4.69) is 5.10 Å². The topological polar surface area (TPSA) is 65.4 Å². The first-order valence-electron chi connectivity index (χ1n) is 6.64. The maximum atomic E-state index is 10.9. The van der Waals surface area contributed by atoms with E-state index in [-0.39, 0.29) is 5.69 Å². The van der Waals surface area contributed by atoms with Crippen LogP contribution in [0, 0.1) is 14.9 Å². The molecule has 1 heterocycles. The van der Waals surface area contributed by atoms with Crippen LogP contribution < -0.4 is 0 Å². The maximum Gasteiger partial charge on any atom is 0.270 e. The minimum atomic E-state index is -0.475. The first-order chi connectivity index (χ1) is 11.0. The van der Waals surface area contributed by atoms with Gasteiger partial charge in [-0.25, -0.2) is 4.68 Å². The fraction of sp³-hybridized carbons (Fsp3) is 0.0667. The molecule has 0 radical (unpaired) electrons. The standard InChI is InChI=1S/C15H11ClN4O2S/c1-18-13-4-2-3-5-14(13)19(15(18)23)17-9-10-8-11(20(21)22)6-7-12(10)16/h2-9H,1H3/b17-9-.